The summed E-state index contributed by atoms with van der Waals surface area (Å²) < 4.78 is 18.8. The lowest BCUT2D eigenvalue weighted by molar-refractivity contribution is 0.417. The Labute approximate surface area is 107 Å². The maximum atomic E-state index is 13.5. The Hall–Kier alpha value is -1.39. The molecule has 0 radical (unpaired) electrons. The van der Waals surface area contributed by atoms with Crippen LogP contribution in [0.1, 0.15) is 5.56 Å². The van der Waals surface area contributed by atoms with Crippen molar-refractivity contribution in [2.75, 3.05) is 0 Å². The zero-order valence-corrected chi connectivity index (χ0v) is 10.3. The van der Waals surface area contributed by atoms with Gasteiger partial charge in [-0.2, -0.15) is 9.37 Å². The molecule has 17 heavy (non-hydrogen) atoms. The molecule has 0 aliphatic carbocycles. The van der Waals surface area contributed by atoms with E-state index in [0.29, 0.717) is 16.3 Å². The van der Waals surface area contributed by atoms with Crippen molar-refractivity contribution in [1.82, 2.24) is 9.97 Å². The van der Waals surface area contributed by atoms with E-state index in [1.54, 1.807) is 25.1 Å². The highest BCUT2D eigenvalue weighted by atomic mass is 35.5. The van der Waals surface area contributed by atoms with Crippen molar-refractivity contribution >= 4 is 23.2 Å². The van der Waals surface area contributed by atoms with Crippen molar-refractivity contribution < 1.29 is 9.13 Å². The highest BCUT2D eigenvalue weighted by Crippen LogP contribution is 2.30. The van der Waals surface area contributed by atoms with Gasteiger partial charge in [-0.15, -0.1) is 0 Å². The smallest absolute Gasteiger partial charge is 0.260 e. The van der Waals surface area contributed by atoms with Crippen LogP contribution in [-0.2, 0) is 0 Å². The Morgan fingerprint density at radius 2 is 2.00 bits per heavy atom. The van der Waals surface area contributed by atoms with Gasteiger partial charge in [-0.3, -0.25) is 0 Å². The normalized spacial score (nSPS) is 10.4. The average molecular weight is 273 g/mol. The van der Waals surface area contributed by atoms with Crippen LogP contribution < -0.4 is 4.74 Å². The monoisotopic (exact) mass is 272 g/mol. The number of hydrogen-bond donors (Lipinski definition) is 0. The van der Waals surface area contributed by atoms with Crippen LogP contribution in [0.3, 0.4) is 0 Å². The fraction of sp³-hybridized carbons (Fsp3) is 0.0909. The molecular weight excluding hydrogens is 266 g/mol. The predicted molar refractivity (Wildman–Crippen MR) is 63.3 cm³/mol. The molecule has 1 heterocycles. The van der Waals surface area contributed by atoms with Crippen LogP contribution in [0.15, 0.2) is 24.5 Å². The van der Waals surface area contributed by atoms with Gasteiger partial charge in [0, 0.05) is 10.6 Å². The molecule has 88 valence electrons. The molecule has 1 aromatic carbocycles. The lowest BCUT2D eigenvalue weighted by atomic mass is 10.2. The third-order valence-electron chi connectivity index (χ3n) is 2.14. The van der Waals surface area contributed by atoms with E-state index < -0.39 is 5.82 Å². The Balaban J connectivity index is 2.38. The van der Waals surface area contributed by atoms with Crippen molar-refractivity contribution in [3.63, 3.8) is 0 Å². The molecular formula is C11H7Cl2FN2O. The number of aromatic nitrogens is 2. The first-order valence-corrected chi connectivity index (χ1v) is 5.44. The van der Waals surface area contributed by atoms with Gasteiger partial charge < -0.3 is 4.74 Å². The minimum atomic E-state index is -0.798. The molecule has 0 spiro atoms. The summed E-state index contributed by atoms with van der Waals surface area (Å²) in [7, 11) is 0. The van der Waals surface area contributed by atoms with E-state index in [1.165, 1.54) is 0 Å². The molecule has 0 unspecified atom stereocenters. The van der Waals surface area contributed by atoms with Crippen LogP contribution in [0.5, 0.6) is 11.6 Å². The lowest BCUT2D eigenvalue weighted by Crippen LogP contribution is -1.96. The molecule has 0 bridgehead atoms. The predicted octanol–water partition coefficient (Wildman–Crippen LogP) is 4.02. The van der Waals surface area contributed by atoms with Gasteiger partial charge >= 0.3 is 0 Å². The van der Waals surface area contributed by atoms with E-state index in [1.807, 2.05) is 0 Å². The number of benzene rings is 1. The van der Waals surface area contributed by atoms with Crippen LogP contribution in [0, 0.1) is 12.7 Å². The highest BCUT2D eigenvalue weighted by Gasteiger charge is 2.13. The van der Waals surface area contributed by atoms with E-state index in [9.17, 15) is 4.39 Å². The fourth-order valence-electron chi connectivity index (χ4n) is 1.21. The zero-order chi connectivity index (χ0) is 12.4. The first-order valence-electron chi connectivity index (χ1n) is 4.68. The number of nitrogens with zero attached hydrogens (tertiary/aromatic N) is 2. The molecule has 3 nitrogen and oxygen atoms in total. The zero-order valence-electron chi connectivity index (χ0n) is 8.75. The fourth-order valence-corrected chi connectivity index (χ4v) is 1.50. The summed E-state index contributed by atoms with van der Waals surface area (Å²) in [5.41, 5.74) is 0.698. The highest BCUT2D eigenvalue weighted by molar-refractivity contribution is 6.31. The minimum Gasteiger partial charge on any atom is -0.436 e. The van der Waals surface area contributed by atoms with E-state index in [2.05, 4.69) is 9.97 Å². The van der Waals surface area contributed by atoms with Gasteiger partial charge in [0.1, 0.15) is 12.1 Å². The summed E-state index contributed by atoms with van der Waals surface area (Å²) in [5.74, 6) is -0.602. The van der Waals surface area contributed by atoms with Gasteiger partial charge in [0.15, 0.2) is 5.15 Å². The van der Waals surface area contributed by atoms with Gasteiger partial charge in [0.2, 0.25) is 5.82 Å². The maximum absolute atomic E-state index is 13.5. The summed E-state index contributed by atoms with van der Waals surface area (Å²) in [6.45, 7) is 1.76. The Kier molecular flexibility index (Phi) is 3.45. The summed E-state index contributed by atoms with van der Waals surface area (Å²) in [4.78, 5) is 7.16. The third-order valence-corrected chi connectivity index (χ3v) is 2.81. The van der Waals surface area contributed by atoms with E-state index >= 15 is 0 Å². The quantitative estimate of drug-likeness (QED) is 0.775. The number of hydrogen-bond acceptors (Lipinski definition) is 3. The molecule has 0 aliphatic heterocycles. The SMILES string of the molecule is Cc1c(Cl)cccc1Oc1ncnc(Cl)c1F. The molecule has 0 aliphatic rings. The topological polar surface area (TPSA) is 35.0 Å². The molecule has 2 aromatic rings. The molecule has 0 amide bonds. The molecule has 1 aromatic heterocycles. The average Bonchev–Trinajstić information content (AvgIpc) is 2.31. The summed E-state index contributed by atoms with van der Waals surface area (Å²) >= 11 is 11.4. The van der Waals surface area contributed by atoms with Gasteiger partial charge in [0.05, 0.1) is 0 Å². The van der Waals surface area contributed by atoms with Crippen LogP contribution in [0.25, 0.3) is 0 Å². The molecule has 0 fully saturated rings. The summed E-state index contributed by atoms with van der Waals surface area (Å²) in [6, 6.07) is 5.08. The standard InChI is InChI=1S/C11H7Cl2FN2O/c1-6-7(12)3-2-4-8(6)17-11-9(14)10(13)15-5-16-11/h2-5H,1H3. The van der Waals surface area contributed by atoms with E-state index in [4.69, 9.17) is 27.9 Å². The molecule has 0 saturated heterocycles. The molecule has 0 atom stereocenters. The van der Waals surface area contributed by atoms with Crippen molar-refractivity contribution in [2.24, 2.45) is 0 Å². The van der Waals surface area contributed by atoms with Crippen molar-refractivity contribution in [2.45, 2.75) is 6.92 Å². The third kappa shape index (κ3) is 2.48. The number of halogens is 3. The van der Waals surface area contributed by atoms with Crippen LogP contribution >= 0.6 is 23.2 Å². The molecule has 6 heteroatoms. The second-order valence-electron chi connectivity index (χ2n) is 3.25. The van der Waals surface area contributed by atoms with Gasteiger partial charge in [0.25, 0.3) is 5.88 Å². The van der Waals surface area contributed by atoms with Gasteiger partial charge in [-0.05, 0) is 19.1 Å². The first kappa shape index (κ1) is 12.1. The van der Waals surface area contributed by atoms with Crippen LogP contribution in [-0.4, -0.2) is 9.97 Å². The minimum absolute atomic E-state index is 0.227. The van der Waals surface area contributed by atoms with E-state index in [-0.39, 0.29) is 11.0 Å². The second-order valence-corrected chi connectivity index (χ2v) is 4.01. The maximum Gasteiger partial charge on any atom is 0.260 e. The van der Waals surface area contributed by atoms with Crippen LogP contribution in [0.4, 0.5) is 4.39 Å². The Bertz CT molecular complexity index is 514. The van der Waals surface area contributed by atoms with Gasteiger partial charge in [-0.1, -0.05) is 29.3 Å². The number of rotatable bonds is 2. The van der Waals surface area contributed by atoms with E-state index in [0.717, 1.165) is 6.33 Å². The molecule has 0 N–H and O–H groups in total. The molecule has 2 rings (SSSR count). The first-order chi connectivity index (χ1) is 8.09. The van der Waals surface area contributed by atoms with Crippen molar-refractivity contribution in [1.29, 1.82) is 0 Å². The van der Waals surface area contributed by atoms with Crippen molar-refractivity contribution in [3.8, 4) is 11.6 Å². The Morgan fingerprint density at radius 1 is 1.24 bits per heavy atom. The Morgan fingerprint density at radius 3 is 2.76 bits per heavy atom. The number of ether oxygens (including phenoxy) is 1. The largest absolute Gasteiger partial charge is 0.436 e. The van der Waals surface area contributed by atoms with Gasteiger partial charge in [-0.25, -0.2) is 4.98 Å². The summed E-state index contributed by atoms with van der Waals surface area (Å²) in [5, 5.41) is 0.248. The summed E-state index contributed by atoms with van der Waals surface area (Å²) in [6.07, 6.45) is 1.13. The van der Waals surface area contributed by atoms with Crippen molar-refractivity contribution in [3.05, 3.63) is 46.1 Å². The second kappa shape index (κ2) is 4.85. The van der Waals surface area contributed by atoms with Crippen LogP contribution in [0.2, 0.25) is 10.2 Å². The lowest BCUT2D eigenvalue weighted by Gasteiger charge is -2.09. The molecule has 0 saturated carbocycles.